The third-order valence-corrected chi connectivity index (χ3v) is 5.75. The molecule has 0 aromatic carbocycles. The smallest absolute Gasteiger partial charge is 0.329 e. The van der Waals surface area contributed by atoms with Crippen molar-refractivity contribution in [3.05, 3.63) is 6.07 Å². The average Bonchev–Trinajstić information content (AvgIpc) is 2.67. The molecular formula is C21H35N3O5S. The Kier molecular flexibility index (Phi) is 9.87. The van der Waals surface area contributed by atoms with E-state index in [-0.39, 0.29) is 17.7 Å². The van der Waals surface area contributed by atoms with Gasteiger partial charge in [-0.3, -0.25) is 4.79 Å². The van der Waals surface area contributed by atoms with E-state index in [1.807, 2.05) is 27.7 Å². The van der Waals surface area contributed by atoms with Gasteiger partial charge in [0.2, 0.25) is 17.7 Å². The molecule has 8 nitrogen and oxygen atoms in total. The summed E-state index contributed by atoms with van der Waals surface area (Å²) in [6.07, 6.45) is 0.722. The van der Waals surface area contributed by atoms with E-state index in [9.17, 15) is 9.59 Å². The monoisotopic (exact) mass is 441 g/mol. The van der Waals surface area contributed by atoms with Gasteiger partial charge in [0.1, 0.15) is 11.6 Å². The maximum Gasteiger partial charge on any atom is 0.329 e. The highest BCUT2D eigenvalue weighted by atomic mass is 32.2. The van der Waals surface area contributed by atoms with Gasteiger partial charge in [0.25, 0.3) is 0 Å². The van der Waals surface area contributed by atoms with Gasteiger partial charge in [-0.25, -0.2) is 4.79 Å². The molecule has 0 spiro atoms. The standard InChI is InChI=1S/C21H35N3O5S/c1-10-13(4)16(19(26)29-21(5,6)7)24-18(25)17(12(2)3)30-20-22-14(27-8)11-15(23-20)28-9/h11-13,16-17H,10H2,1-9H3,(H,24,25)/t13?,16-,17?/m0/s1. The third-order valence-electron chi connectivity index (χ3n) is 4.34. The first-order valence-corrected chi connectivity index (χ1v) is 11.0. The second-order valence-electron chi connectivity index (χ2n) is 8.42. The number of ether oxygens (including phenoxy) is 3. The molecule has 0 fully saturated rings. The van der Waals surface area contributed by atoms with Crippen LogP contribution in [0.2, 0.25) is 0 Å². The lowest BCUT2D eigenvalue weighted by Gasteiger charge is -2.29. The number of hydrogen-bond acceptors (Lipinski definition) is 8. The van der Waals surface area contributed by atoms with Crippen molar-refractivity contribution in [2.45, 2.75) is 76.9 Å². The van der Waals surface area contributed by atoms with Crippen molar-refractivity contribution in [1.82, 2.24) is 15.3 Å². The summed E-state index contributed by atoms with van der Waals surface area (Å²) in [6.45, 7) is 13.2. The minimum atomic E-state index is -0.732. The van der Waals surface area contributed by atoms with Crippen LogP contribution in [0, 0.1) is 11.8 Å². The van der Waals surface area contributed by atoms with Gasteiger partial charge in [-0.2, -0.15) is 9.97 Å². The molecule has 9 heteroatoms. The number of amides is 1. The zero-order valence-electron chi connectivity index (χ0n) is 19.4. The molecule has 1 aromatic heterocycles. The molecule has 1 rings (SSSR count). The highest BCUT2D eigenvalue weighted by Gasteiger charge is 2.34. The summed E-state index contributed by atoms with van der Waals surface area (Å²) in [5, 5.41) is 2.74. The summed E-state index contributed by atoms with van der Waals surface area (Å²) in [7, 11) is 3.00. The Balaban J connectivity index is 3.08. The van der Waals surface area contributed by atoms with Crippen LogP contribution in [0.5, 0.6) is 11.8 Å². The van der Waals surface area contributed by atoms with Crippen molar-refractivity contribution < 1.29 is 23.8 Å². The highest BCUT2D eigenvalue weighted by Crippen LogP contribution is 2.29. The summed E-state index contributed by atoms with van der Waals surface area (Å²) in [5.74, 6) is -0.118. The molecule has 170 valence electrons. The molecule has 0 saturated carbocycles. The lowest BCUT2D eigenvalue weighted by atomic mass is 9.98. The van der Waals surface area contributed by atoms with Crippen LogP contribution in [-0.2, 0) is 14.3 Å². The largest absolute Gasteiger partial charge is 0.481 e. The van der Waals surface area contributed by atoms with Crippen molar-refractivity contribution in [3.8, 4) is 11.8 Å². The number of rotatable bonds is 10. The fourth-order valence-corrected chi connectivity index (χ4v) is 3.48. The van der Waals surface area contributed by atoms with E-state index in [1.54, 1.807) is 26.8 Å². The lowest BCUT2D eigenvalue weighted by Crippen LogP contribution is -2.51. The van der Waals surface area contributed by atoms with Crippen molar-refractivity contribution in [3.63, 3.8) is 0 Å². The molecule has 1 aromatic rings. The Hall–Kier alpha value is -2.03. The van der Waals surface area contributed by atoms with Crippen molar-refractivity contribution in [1.29, 1.82) is 0 Å². The van der Waals surface area contributed by atoms with Crippen LogP contribution in [0.4, 0.5) is 0 Å². The van der Waals surface area contributed by atoms with Crippen LogP contribution < -0.4 is 14.8 Å². The Morgan fingerprint density at radius 1 is 1.10 bits per heavy atom. The highest BCUT2D eigenvalue weighted by molar-refractivity contribution is 8.00. The Labute approximate surface area is 183 Å². The molecule has 0 aliphatic carbocycles. The Bertz CT molecular complexity index is 699. The third kappa shape index (κ3) is 8.01. The van der Waals surface area contributed by atoms with Crippen molar-refractivity contribution >= 4 is 23.6 Å². The molecule has 0 aliphatic rings. The molecule has 30 heavy (non-hydrogen) atoms. The first-order chi connectivity index (χ1) is 13.9. The number of aromatic nitrogens is 2. The summed E-state index contributed by atoms with van der Waals surface area (Å²) in [5.41, 5.74) is -0.634. The Morgan fingerprint density at radius 2 is 1.63 bits per heavy atom. The fraction of sp³-hybridized carbons (Fsp3) is 0.714. The number of esters is 1. The molecule has 1 N–H and O–H groups in total. The maximum absolute atomic E-state index is 13.1. The number of methoxy groups -OCH3 is 2. The van der Waals surface area contributed by atoms with E-state index in [0.717, 1.165) is 6.42 Å². The summed E-state index contributed by atoms with van der Waals surface area (Å²) in [4.78, 5) is 34.4. The number of carbonyl (C=O) groups is 2. The minimum Gasteiger partial charge on any atom is -0.481 e. The molecule has 0 aliphatic heterocycles. The minimum absolute atomic E-state index is 0.0352. The van der Waals surface area contributed by atoms with Crippen LogP contribution in [0.15, 0.2) is 11.2 Å². The molecule has 0 bridgehead atoms. The number of nitrogens with one attached hydrogen (secondary N) is 1. The first kappa shape index (κ1) is 26.0. The van der Waals surface area contributed by atoms with Gasteiger partial charge in [0.05, 0.1) is 25.5 Å². The van der Waals surface area contributed by atoms with Gasteiger partial charge >= 0.3 is 5.97 Å². The van der Waals surface area contributed by atoms with E-state index < -0.39 is 22.9 Å². The van der Waals surface area contributed by atoms with Crippen LogP contribution in [-0.4, -0.2) is 53.0 Å². The molecular weight excluding hydrogens is 406 g/mol. The van der Waals surface area contributed by atoms with Gasteiger partial charge in [0, 0.05) is 0 Å². The topological polar surface area (TPSA) is 99.6 Å². The predicted molar refractivity (Wildman–Crippen MR) is 117 cm³/mol. The summed E-state index contributed by atoms with van der Waals surface area (Å²) < 4.78 is 15.9. The van der Waals surface area contributed by atoms with E-state index in [4.69, 9.17) is 14.2 Å². The SMILES string of the molecule is CCC(C)[C@H](NC(=O)C(Sc1nc(OC)cc(OC)n1)C(C)C)C(=O)OC(C)(C)C. The number of hydrogen-bond donors (Lipinski definition) is 1. The number of carbonyl (C=O) groups excluding carboxylic acids is 2. The van der Waals surface area contributed by atoms with Crippen LogP contribution in [0.1, 0.15) is 54.9 Å². The summed E-state index contributed by atoms with van der Waals surface area (Å²) >= 11 is 1.20. The quantitative estimate of drug-likeness (QED) is 0.335. The number of thioether (sulfide) groups is 1. The molecule has 1 heterocycles. The molecule has 0 saturated heterocycles. The fourth-order valence-electron chi connectivity index (χ4n) is 2.52. The van der Waals surface area contributed by atoms with Gasteiger partial charge in [0.15, 0.2) is 5.16 Å². The average molecular weight is 442 g/mol. The molecule has 0 radical (unpaired) electrons. The van der Waals surface area contributed by atoms with Crippen molar-refractivity contribution in [2.75, 3.05) is 14.2 Å². The van der Waals surface area contributed by atoms with E-state index in [0.29, 0.717) is 16.9 Å². The van der Waals surface area contributed by atoms with Crippen LogP contribution in [0.3, 0.4) is 0 Å². The normalized spacial score (nSPS) is 14.6. The maximum atomic E-state index is 13.1. The molecule has 2 unspecified atom stereocenters. The van der Waals surface area contributed by atoms with Gasteiger partial charge < -0.3 is 19.5 Å². The first-order valence-electron chi connectivity index (χ1n) is 10.1. The second kappa shape index (κ2) is 11.4. The molecule has 1 amide bonds. The second-order valence-corrected chi connectivity index (χ2v) is 9.53. The van der Waals surface area contributed by atoms with Gasteiger partial charge in [-0.15, -0.1) is 0 Å². The lowest BCUT2D eigenvalue weighted by molar-refractivity contribution is -0.160. The predicted octanol–water partition coefficient (Wildman–Crippen LogP) is 3.48. The van der Waals surface area contributed by atoms with E-state index in [1.165, 1.54) is 26.0 Å². The van der Waals surface area contributed by atoms with Gasteiger partial charge in [-0.05, 0) is 32.6 Å². The zero-order valence-corrected chi connectivity index (χ0v) is 20.3. The van der Waals surface area contributed by atoms with E-state index >= 15 is 0 Å². The Morgan fingerprint density at radius 3 is 2.03 bits per heavy atom. The van der Waals surface area contributed by atoms with E-state index in [2.05, 4.69) is 15.3 Å². The van der Waals surface area contributed by atoms with Crippen LogP contribution in [0.25, 0.3) is 0 Å². The summed E-state index contributed by atoms with van der Waals surface area (Å²) in [6, 6.07) is 0.833. The van der Waals surface area contributed by atoms with Gasteiger partial charge in [-0.1, -0.05) is 45.9 Å². The van der Waals surface area contributed by atoms with Crippen LogP contribution >= 0.6 is 11.8 Å². The molecule has 3 atom stereocenters. The number of nitrogens with zero attached hydrogens (tertiary/aromatic N) is 2. The van der Waals surface area contributed by atoms with Crippen molar-refractivity contribution in [2.24, 2.45) is 11.8 Å². The zero-order chi connectivity index (χ0) is 23.1.